The Labute approximate surface area is 117 Å². The first-order valence-corrected chi connectivity index (χ1v) is 7.55. The second-order valence-electron chi connectivity index (χ2n) is 4.56. The fraction of sp³-hybridized carbons (Fsp3) is 0.385. The highest BCUT2D eigenvalue weighted by molar-refractivity contribution is 7.98. The Bertz CT molecular complexity index is 584. The minimum atomic E-state index is 0.537. The Morgan fingerprint density at radius 2 is 2.11 bits per heavy atom. The first-order chi connectivity index (χ1) is 8.63. The van der Waals surface area contributed by atoms with Crippen molar-refractivity contribution >= 4 is 24.0 Å². The van der Waals surface area contributed by atoms with E-state index in [0.29, 0.717) is 10.7 Å². The Kier molecular flexibility index (Phi) is 4.24. The lowest BCUT2D eigenvalue weighted by Crippen LogP contribution is -2.06. The zero-order valence-corrected chi connectivity index (χ0v) is 12.4. The molecule has 18 heavy (non-hydrogen) atoms. The molecule has 5 heteroatoms. The maximum atomic E-state index is 5.31. The van der Waals surface area contributed by atoms with Gasteiger partial charge in [-0.25, -0.2) is 0 Å². The van der Waals surface area contributed by atoms with Crippen LogP contribution in [0.4, 0.5) is 0 Å². The molecule has 1 aromatic carbocycles. The van der Waals surface area contributed by atoms with Crippen LogP contribution in [0.15, 0.2) is 29.2 Å². The van der Waals surface area contributed by atoms with Gasteiger partial charge in [0.15, 0.2) is 10.6 Å². The number of benzene rings is 1. The van der Waals surface area contributed by atoms with Gasteiger partial charge in [0.1, 0.15) is 0 Å². The summed E-state index contributed by atoms with van der Waals surface area (Å²) in [6.45, 7) is 5.24. The average molecular weight is 279 g/mol. The van der Waals surface area contributed by atoms with Crippen molar-refractivity contribution in [1.82, 2.24) is 14.8 Å². The molecule has 0 saturated carbocycles. The van der Waals surface area contributed by atoms with E-state index in [9.17, 15) is 0 Å². The van der Waals surface area contributed by atoms with Gasteiger partial charge in [0.05, 0.1) is 0 Å². The molecule has 0 spiro atoms. The molecule has 0 saturated heterocycles. The van der Waals surface area contributed by atoms with Gasteiger partial charge in [-0.1, -0.05) is 32.0 Å². The van der Waals surface area contributed by atoms with Crippen LogP contribution in [0.1, 0.15) is 13.8 Å². The van der Waals surface area contributed by atoms with E-state index >= 15 is 0 Å². The largest absolute Gasteiger partial charge is 0.300 e. The van der Waals surface area contributed by atoms with E-state index in [0.717, 1.165) is 17.9 Å². The van der Waals surface area contributed by atoms with Crippen LogP contribution in [-0.2, 0) is 6.54 Å². The monoisotopic (exact) mass is 279 g/mol. The summed E-state index contributed by atoms with van der Waals surface area (Å²) >= 11 is 7.03. The molecule has 0 unspecified atom stereocenters. The molecular formula is C13H17N3S2. The summed E-state index contributed by atoms with van der Waals surface area (Å²) in [6, 6.07) is 8.28. The van der Waals surface area contributed by atoms with Crippen molar-refractivity contribution in [2.24, 2.45) is 5.92 Å². The zero-order chi connectivity index (χ0) is 13.1. The molecule has 96 valence electrons. The van der Waals surface area contributed by atoms with Crippen LogP contribution in [0, 0.1) is 10.7 Å². The van der Waals surface area contributed by atoms with Crippen LogP contribution in [0.3, 0.4) is 0 Å². The van der Waals surface area contributed by atoms with Crippen molar-refractivity contribution in [3.05, 3.63) is 29.0 Å². The molecule has 3 nitrogen and oxygen atoms in total. The smallest absolute Gasteiger partial charge is 0.195 e. The number of aromatic amines is 1. The molecule has 0 bridgehead atoms. The molecule has 0 radical (unpaired) electrons. The second-order valence-corrected chi connectivity index (χ2v) is 5.79. The van der Waals surface area contributed by atoms with Crippen molar-refractivity contribution in [2.45, 2.75) is 25.3 Å². The number of hydrogen-bond donors (Lipinski definition) is 1. The van der Waals surface area contributed by atoms with E-state index in [-0.39, 0.29) is 0 Å². The number of thioether (sulfide) groups is 1. The maximum absolute atomic E-state index is 5.31. The van der Waals surface area contributed by atoms with Gasteiger partial charge in [-0.3, -0.25) is 9.67 Å². The van der Waals surface area contributed by atoms with E-state index < -0.39 is 0 Å². The van der Waals surface area contributed by atoms with Crippen molar-refractivity contribution in [2.75, 3.05) is 6.26 Å². The van der Waals surface area contributed by atoms with Crippen molar-refractivity contribution in [1.29, 1.82) is 0 Å². The molecule has 1 N–H and O–H groups in total. The van der Waals surface area contributed by atoms with Gasteiger partial charge in [0.2, 0.25) is 0 Å². The number of nitrogens with zero attached hydrogens (tertiary/aromatic N) is 2. The Morgan fingerprint density at radius 1 is 1.39 bits per heavy atom. The SMILES string of the molecule is CSc1ccccc1-c1n[nH]c(=S)n1CC(C)C. The highest BCUT2D eigenvalue weighted by Gasteiger charge is 2.12. The summed E-state index contributed by atoms with van der Waals surface area (Å²) < 4.78 is 2.77. The van der Waals surface area contributed by atoms with Crippen LogP contribution in [0.25, 0.3) is 11.4 Å². The van der Waals surface area contributed by atoms with Crippen LogP contribution in [0.2, 0.25) is 0 Å². The molecule has 0 aliphatic heterocycles. The second kappa shape index (κ2) is 5.71. The van der Waals surface area contributed by atoms with E-state index in [2.05, 4.69) is 47.0 Å². The lowest BCUT2D eigenvalue weighted by atomic mass is 10.2. The average Bonchev–Trinajstić information content (AvgIpc) is 2.70. The highest BCUT2D eigenvalue weighted by atomic mass is 32.2. The van der Waals surface area contributed by atoms with Crippen molar-refractivity contribution in [3.8, 4) is 11.4 Å². The molecule has 0 aliphatic rings. The third-order valence-corrected chi connectivity index (χ3v) is 3.76. The summed E-state index contributed by atoms with van der Waals surface area (Å²) in [5, 5.41) is 7.28. The van der Waals surface area contributed by atoms with Gasteiger partial charge >= 0.3 is 0 Å². The fourth-order valence-corrected chi connectivity index (χ4v) is 2.69. The standard InChI is InChI=1S/C13H17N3S2/c1-9(2)8-16-12(14-15-13(16)17)10-6-4-5-7-11(10)18-3/h4-7,9H,8H2,1-3H3,(H,15,17). The number of nitrogens with one attached hydrogen (secondary N) is 1. The summed E-state index contributed by atoms with van der Waals surface area (Å²) in [5.41, 5.74) is 1.14. The van der Waals surface area contributed by atoms with Gasteiger partial charge in [-0.15, -0.1) is 11.8 Å². The zero-order valence-electron chi connectivity index (χ0n) is 10.8. The fourth-order valence-electron chi connectivity index (χ4n) is 1.89. The van der Waals surface area contributed by atoms with Gasteiger partial charge in [-0.2, -0.15) is 5.10 Å². The summed E-state index contributed by atoms with van der Waals surface area (Å²) in [4.78, 5) is 1.22. The lowest BCUT2D eigenvalue weighted by molar-refractivity contribution is 0.521. The van der Waals surface area contributed by atoms with Gasteiger partial charge in [0.25, 0.3) is 0 Å². The quantitative estimate of drug-likeness (QED) is 0.679. The molecule has 1 aromatic heterocycles. The maximum Gasteiger partial charge on any atom is 0.195 e. The Morgan fingerprint density at radius 3 is 2.78 bits per heavy atom. The molecule has 0 atom stereocenters. The van der Waals surface area contributed by atoms with E-state index in [1.165, 1.54) is 4.90 Å². The first kappa shape index (κ1) is 13.4. The van der Waals surface area contributed by atoms with E-state index in [1.54, 1.807) is 11.8 Å². The normalized spacial score (nSPS) is 11.1. The summed E-state index contributed by atoms with van der Waals surface area (Å²) in [6.07, 6.45) is 2.08. The lowest BCUT2D eigenvalue weighted by Gasteiger charge is -2.11. The third-order valence-electron chi connectivity index (χ3n) is 2.65. The predicted molar refractivity (Wildman–Crippen MR) is 79.5 cm³/mol. The number of H-pyrrole nitrogens is 1. The van der Waals surface area contributed by atoms with E-state index in [4.69, 9.17) is 12.2 Å². The van der Waals surface area contributed by atoms with Crippen LogP contribution in [0.5, 0.6) is 0 Å². The Hall–Kier alpha value is -1.07. The first-order valence-electron chi connectivity index (χ1n) is 5.92. The molecule has 0 amide bonds. The predicted octanol–water partition coefficient (Wildman–Crippen LogP) is 3.99. The van der Waals surface area contributed by atoms with Crippen LogP contribution >= 0.6 is 24.0 Å². The number of rotatable bonds is 4. The summed E-state index contributed by atoms with van der Waals surface area (Å²) in [5.74, 6) is 1.47. The Balaban J connectivity index is 2.54. The molecule has 2 rings (SSSR count). The highest BCUT2D eigenvalue weighted by Crippen LogP contribution is 2.29. The van der Waals surface area contributed by atoms with Crippen LogP contribution in [-0.4, -0.2) is 21.0 Å². The van der Waals surface area contributed by atoms with Crippen LogP contribution < -0.4 is 0 Å². The molecule has 0 fully saturated rings. The van der Waals surface area contributed by atoms with Gasteiger partial charge < -0.3 is 0 Å². The van der Waals surface area contributed by atoms with E-state index in [1.807, 2.05) is 12.1 Å². The topological polar surface area (TPSA) is 33.6 Å². The minimum absolute atomic E-state index is 0.537. The summed E-state index contributed by atoms with van der Waals surface area (Å²) in [7, 11) is 0. The molecule has 1 heterocycles. The molecular weight excluding hydrogens is 262 g/mol. The number of aromatic nitrogens is 3. The van der Waals surface area contributed by atoms with Gasteiger partial charge in [-0.05, 0) is 30.5 Å². The molecule has 2 aromatic rings. The van der Waals surface area contributed by atoms with Crippen molar-refractivity contribution in [3.63, 3.8) is 0 Å². The van der Waals surface area contributed by atoms with Gasteiger partial charge in [0, 0.05) is 17.0 Å². The number of hydrogen-bond acceptors (Lipinski definition) is 3. The molecule has 0 aliphatic carbocycles. The van der Waals surface area contributed by atoms with Crippen molar-refractivity contribution < 1.29 is 0 Å². The third kappa shape index (κ3) is 2.67. The minimum Gasteiger partial charge on any atom is -0.300 e.